The number of carbonyl (C=O) groups is 2. The second-order valence-corrected chi connectivity index (χ2v) is 9.39. The highest BCUT2D eigenvalue weighted by Gasteiger charge is 2.27. The van der Waals surface area contributed by atoms with Crippen LogP contribution in [0.15, 0.2) is 30.5 Å². The summed E-state index contributed by atoms with van der Waals surface area (Å²) in [6, 6.07) is 8.29. The van der Waals surface area contributed by atoms with E-state index in [-0.39, 0.29) is 17.7 Å². The van der Waals surface area contributed by atoms with Gasteiger partial charge in [0.05, 0.1) is 23.3 Å². The molecule has 1 aromatic carbocycles. The molecule has 7 nitrogen and oxygen atoms in total. The minimum absolute atomic E-state index is 0.0380. The topological polar surface area (TPSA) is 70.5 Å². The number of anilines is 1. The largest absolute Gasteiger partial charge is 0.336 e. The number of carbonyl (C=O) groups excluding carboxylic acids is 2. The summed E-state index contributed by atoms with van der Waals surface area (Å²) in [5.74, 6) is -0.0615. The number of rotatable bonds is 5. The monoisotopic (exact) mass is 437 g/mol. The Morgan fingerprint density at radius 1 is 1.06 bits per heavy atom. The molecular formula is C25H35N5O2. The van der Waals surface area contributed by atoms with E-state index in [1.165, 1.54) is 32.1 Å². The van der Waals surface area contributed by atoms with E-state index in [2.05, 4.69) is 15.3 Å². The zero-order valence-corrected chi connectivity index (χ0v) is 19.5. The van der Waals surface area contributed by atoms with Crippen LogP contribution in [0.4, 0.5) is 5.69 Å². The quantitative estimate of drug-likeness (QED) is 0.771. The molecule has 7 heteroatoms. The van der Waals surface area contributed by atoms with Crippen LogP contribution < -0.4 is 5.32 Å². The van der Waals surface area contributed by atoms with Crippen LogP contribution in [0.3, 0.4) is 0 Å². The molecule has 2 amide bonds. The van der Waals surface area contributed by atoms with Gasteiger partial charge in [-0.25, -0.2) is 4.68 Å². The number of aromatic nitrogens is 2. The first-order chi connectivity index (χ1) is 15.4. The minimum atomic E-state index is -0.0997. The number of nitrogens with one attached hydrogen (secondary N) is 1. The van der Waals surface area contributed by atoms with Gasteiger partial charge in [-0.15, -0.1) is 0 Å². The molecule has 0 spiro atoms. The molecule has 2 fully saturated rings. The van der Waals surface area contributed by atoms with Crippen LogP contribution in [-0.2, 0) is 4.79 Å². The molecule has 2 heterocycles. The van der Waals surface area contributed by atoms with Crippen molar-refractivity contribution < 1.29 is 9.59 Å². The molecule has 2 aliphatic rings. The highest BCUT2D eigenvalue weighted by atomic mass is 16.2. The van der Waals surface area contributed by atoms with Crippen LogP contribution in [0.25, 0.3) is 5.69 Å². The van der Waals surface area contributed by atoms with Gasteiger partial charge < -0.3 is 10.2 Å². The predicted molar refractivity (Wildman–Crippen MR) is 126 cm³/mol. The number of hydrogen-bond acceptors (Lipinski definition) is 4. The van der Waals surface area contributed by atoms with Crippen LogP contribution in [0.2, 0.25) is 0 Å². The van der Waals surface area contributed by atoms with Crippen molar-refractivity contribution in [3.63, 3.8) is 0 Å². The minimum Gasteiger partial charge on any atom is -0.336 e. The van der Waals surface area contributed by atoms with Crippen molar-refractivity contribution in [1.29, 1.82) is 0 Å². The van der Waals surface area contributed by atoms with Gasteiger partial charge >= 0.3 is 0 Å². The molecule has 4 rings (SSSR count). The summed E-state index contributed by atoms with van der Waals surface area (Å²) in [7, 11) is 0. The fraction of sp³-hybridized carbons (Fsp3) is 0.560. The van der Waals surface area contributed by atoms with Crippen LogP contribution in [0.1, 0.15) is 62.0 Å². The lowest BCUT2D eigenvalue weighted by molar-refractivity contribution is -0.118. The van der Waals surface area contributed by atoms with Crippen LogP contribution in [-0.4, -0.2) is 63.6 Å². The molecule has 0 bridgehead atoms. The second kappa shape index (κ2) is 9.86. The average molecular weight is 438 g/mol. The average Bonchev–Trinajstić information content (AvgIpc) is 3.19. The van der Waals surface area contributed by atoms with Crippen molar-refractivity contribution in [1.82, 2.24) is 19.6 Å². The summed E-state index contributed by atoms with van der Waals surface area (Å²) in [6.45, 7) is 9.09. The zero-order valence-electron chi connectivity index (χ0n) is 19.5. The van der Waals surface area contributed by atoms with Crippen LogP contribution in [0, 0.1) is 12.8 Å². The van der Waals surface area contributed by atoms with Crippen LogP contribution >= 0.6 is 0 Å². The summed E-state index contributed by atoms with van der Waals surface area (Å²) in [5, 5.41) is 7.46. The van der Waals surface area contributed by atoms with E-state index in [0.29, 0.717) is 17.3 Å². The van der Waals surface area contributed by atoms with E-state index < -0.39 is 0 Å². The van der Waals surface area contributed by atoms with Gasteiger partial charge in [-0.1, -0.05) is 39.2 Å². The molecule has 1 aromatic heterocycles. The van der Waals surface area contributed by atoms with Crippen molar-refractivity contribution in [2.24, 2.45) is 5.92 Å². The molecule has 32 heavy (non-hydrogen) atoms. The lowest BCUT2D eigenvalue weighted by Crippen LogP contribution is -2.52. The van der Waals surface area contributed by atoms with Gasteiger partial charge in [0.25, 0.3) is 5.91 Å². The third kappa shape index (κ3) is 5.04. The zero-order chi connectivity index (χ0) is 22.7. The third-order valence-corrected chi connectivity index (χ3v) is 6.73. The van der Waals surface area contributed by atoms with Crippen molar-refractivity contribution in [2.45, 2.75) is 58.9 Å². The van der Waals surface area contributed by atoms with E-state index in [4.69, 9.17) is 0 Å². The highest BCUT2D eigenvalue weighted by Crippen LogP contribution is 2.24. The molecule has 172 valence electrons. The molecule has 0 radical (unpaired) electrons. The molecular weight excluding hydrogens is 402 g/mol. The standard InChI is InChI=1S/C25H35N5O2/c1-18(2)24(31)26-23-17-30(27-19(23)3)22-11-7-8-20(16-22)25(32)29-14-12-28(13-15-29)21-9-5-4-6-10-21/h7-8,11,16-18,21H,4-6,9-10,12-15H2,1-3H3,(H,26,31). The van der Waals surface area contributed by atoms with Crippen molar-refractivity contribution in [3.05, 3.63) is 41.7 Å². The summed E-state index contributed by atoms with van der Waals surface area (Å²) in [4.78, 5) is 29.8. The third-order valence-electron chi connectivity index (χ3n) is 6.73. The normalized spacial score (nSPS) is 18.2. The first kappa shape index (κ1) is 22.5. The van der Waals surface area contributed by atoms with Gasteiger partial charge in [0.15, 0.2) is 0 Å². The maximum Gasteiger partial charge on any atom is 0.254 e. The van der Waals surface area contributed by atoms with Gasteiger partial charge in [0.2, 0.25) is 5.91 Å². The lowest BCUT2D eigenvalue weighted by atomic mass is 9.94. The maximum atomic E-state index is 13.2. The Bertz CT molecular complexity index is 953. The molecule has 1 aliphatic heterocycles. The first-order valence-electron chi connectivity index (χ1n) is 11.9. The number of aryl methyl sites for hydroxylation is 1. The maximum absolute atomic E-state index is 13.2. The summed E-state index contributed by atoms with van der Waals surface area (Å²) in [6.07, 6.45) is 8.46. The smallest absolute Gasteiger partial charge is 0.254 e. The molecule has 1 aliphatic carbocycles. The Morgan fingerprint density at radius 2 is 1.78 bits per heavy atom. The van der Waals surface area contributed by atoms with Gasteiger partial charge in [-0.05, 0) is 38.0 Å². The van der Waals surface area contributed by atoms with Crippen molar-refractivity contribution in [2.75, 3.05) is 31.5 Å². The van der Waals surface area contributed by atoms with E-state index in [9.17, 15) is 9.59 Å². The SMILES string of the molecule is Cc1nn(-c2cccc(C(=O)N3CCN(C4CCCCC4)CC3)c2)cc1NC(=O)C(C)C. The second-order valence-electron chi connectivity index (χ2n) is 9.39. The van der Waals surface area contributed by atoms with Gasteiger partial charge in [-0.2, -0.15) is 5.10 Å². The van der Waals surface area contributed by atoms with Crippen molar-refractivity contribution >= 4 is 17.5 Å². The summed E-state index contributed by atoms with van der Waals surface area (Å²) >= 11 is 0. The molecule has 1 saturated heterocycles. The number of nitrogens with zero attached hydrogens (tertiary/aromatic N) is 4. The van der Waals surface area contributed by atoms with Gasteiger partial charge in [0, 0.05) is 43.7 Å². The Balaban J connectivity index is 1.42. The Morgan fingerprint density at radius 3 is 2.47 bits per heavy atom. The lowest BCUT2D eigenvalue weighted by Gasteiger charge is -2.40. The fourth-order valence-corrected chi connectivity index (χ4v) is 4.69. The molecule has 0 unspecified atom stereocenters. The number of amides is 2. The summed E-state index contributed by atoms with van der Waals surface area (Å²) < 4.78 is 1.73. The first-order valence-corrected chi connectivity index (χ1v) is 11.9. The summed E-state index contributed by atoms with van der Waals surface area (Å²) in [5.41, 5.74) is 2.92. The van der Waals surface area contributed by atoms with E-state index in [0.717, 1.165) is 37.6 Å². The van der Waals surface area contributed by atoms with Gasteiger partial charge in [0.1, 0.15) is 0 Å². The molecule has 2 aromatic rings. The van der Waals surface area contributed by atoms with Gasteiger partial charge in [-0.3, -0.25) is 14.5 Å². The van der Waals surface area contributed by atoms with E-state index in [1.807, 2.05) is 56.1 Å². The Hall–Kier alpha value is -2.67. The number of hydrogen-bond donors (Lipinski definition) is 1. The van der Waals surface area contributed by atoms with Crippen LogP contribution in [0.5, 0.6) is 0 Å². The van der Waals surface area contributed by atoms with E-state index >= 15 is 0 Å². The molecule has 1 saturated carbocycles. The highest BCUT2D eigenvalue weighted by molar-refractivity contribution is 5.95. The fourth-order valence-electron chi connectivity index (χ4n) is 4.69. The van der Waals surface area contributed by atoms with E-state index in [1.54, 1.807) is 4.68 Å². The predicted octanol–water partition coefficient (Wildman–Crippen LogP) is 3.87. The number of piperazine rings is 1. The Labute approximate surface area is 190 Å². The number of benzene rings is 1. The Kier molecular flexibility index (Phi) is 6.94. The molecule has 1 N–H and O–H groups in total. The van der Waals surface area contributed by atoms with Crippen molar-refractivity contribution in [3.8, 4) is 5.69 Å². The molecule has 0 atom stereocenters.